The van der Waals surface area contributed by atoms with E-state index in [0.29, 0.717) is 28.0 Å². The number of hydrogen-bond donors (Lipinski definition) is 0. The van der Waals surface area contributed by atoms with Gasteiger partial charge in [-0.05, 0) is 38.1 Å². The van der Waals surface area contributed by atoms with Gasteiger partial charge < -0.3 is 9.32 Å². The minimum absolute atomic E-state index is 0.0559. The molecule has 0 aliphatic heterocycles. The lowest BCUT2D eigenvalue weighted by molar-refractivity contribution is -0.131. The number of likely N-dealkylation sites (N-methyl/N-ethyl adjacent to an activating group) is 1. The van der Waals surface area contributed by atoms with Gasteiger partial charge in [-0.15, -0.1) is 11.3 Å². The van der Waals surface area contributed by atoms with Crippen molar-refractivity contribution in [2.24, 2.45) is 0 Å². The Morgan fingerprint density at radius 1 is 1.23 bits per heavy atom. The summed E-state index contributed by atoms with van der Waals surface area (Å²) in [5.41, 5.74) is 0.763. The molecule has 1 amide bonds. The van der Waals surface area contributed by atoms with Crippen molar-refractivity contribution >= 4 is 38.9 Å². The van der Waals surface area contributed by atoms with Crippen molar-refractivity contribution in [1.82, 2.24) is 19.0 Å². The normalized spacial score (nSPS) is 11.9. The highest BCUT2D eigenvalue weighted by atomic mass is 35.5. The van der Waals surface area contributed by atoms with E-state index in [4.69, 9.17) is 16.0 Å². The fourth-order valence-corrected chi connectivity index (χ4v) is 5.72. The number of thiophene rings is 1. The first-order chi connectivity index (χ1) is 14.1. The van der Waals surface area contributed by atoms with Crippen LogP contribution in [0.25, 0.3) is 0 Å². The zero-order chi connectivity index (χ0) is 22.1. The molecule has 0 aliphatic rings. The van der Waals surface area contributed by atoms with Crippen LogP contribution in [0, 0.1) is 13.8 Å². The molecule has 3 rings (SSSR count). The number of nitrogens with zero attached hydrogens (tertiary/aromatic N) is 4. The molecule has 8 nitrogen and oxygen atoms in total. The quantitative estimate of drug-likeness (QED) is 0.504. The molecular formula is C19H23ClN4O4S2. The highest BCUT2D eigenvalue weighted by molar-refractivity contribution is 7.89. The molecule has 0 saturated heterocycles. The van der Waals surface area contributed by atoms with Crippen LogP contribution in [0.2, 0.25) is 4.34 Å². The van der Waals surface area contributed by atoms with Crippen molar-refractivity contribution in [2.75, 3.05) is 14.1 Å². The Labute approximate surface area is 184 Å². The molecule has 0 spiro atoms. The molecule has 0 radical (unpaired) electrons. The molecule has 0 aliphatic carbocycles. The third-order valence-corrected chi connectivity index (χ3v) is 7.95. The van der Waals surface area contributed by atoms with Crippen LogP contribution in [-0.2, 0) is 34.5 Å². The molecule has 0 unspecified atom stereocenters. The molecule has 0 atom stereocenters. The summed E-state index contributed by atoms with van der Waals surface area (Å²) in [7, 11) is -0.629. The van der Waals surface area contributed by atoms with Gasteiger partial charge in [0, 0.05) is 19.0 Å². The van der Waals surface area contributed by atoms with Crippen LogP contribution in [-0.4, -0.2) is 47.4 Å². The number of rotatable bonds is 8. The Kier molecular flexibility index (Phi) is 6.71. The van der Waals surface area contributed by atoms with Crippen LogP contribution >= 0.6 is 22.9 Å². The number of sulfonamides is 1. The highest BCUT2D eigenvalue weighted by Crippen LogP contribution is 2.25. The van der Waals surface area contributed by atoms with Gasteiger partial charge in [0.05, 0.1) is 35.1 Å². The van der Waals surface area contributed by atoms with E-state index in [0.717, 1.165) is 4.88 Å². The lowest BCUT2D eigenvalue weighted by atomic mass is 10.4. The third kappa shape index (κ3) is 4.77. The van der Waals surface area contributed by atoms with Gasteiger partial charge >= 0.3 is 0 Å². The Morgan fingerprint density at radius 2 is 1.97 bits per heavy atom. The van der Waals surface area contributed by atoms with Gasteiger partial charge in [-0.3, -0.25) is 9.48 Å². The van der Waals surface area contributed by atoms with Gasteiger partial charge in [-0.2, -0.15) is 9.40 Å². The second-order valence-electron chi connectivity index (χ2n) is 6.95. The summed E-state index contributed by atoms with van der Waals surface area (Å²) in [4.78, 5) is 15.3. The fourth-order valence-electron chi connectivity index (χ4n) is 3.08. The smallest absolute Gasteiger partial charge is 0.246 e. The molecule has 162 valence electrons. The van der Waals surface area contributed by atoms with Crippen LogP contribution < -0.4 is 0 Å². The number of aryl methyl sites for hydroxylation is 1. The Balaban J connectivity index is 1.76. The van der Waals surface area contributed by atoms with Crippen LogP contribution in [0.4, 0.5) is 0 Å². The molecule has 0 aromatic carbocycles. The minimum Gasteiger partial charge on any atom is -0.468 e. The van der Waals surface area contributed by atoms with Crippen LogP contribution in [0.1, 0.15) is 22.0 Å². The van der Waals surface area contributed by atoms with Gasteiger partial charge in [0.2, 0.25) is 15.9 Å². The highest BCUT2D eigenvalue weighted by Gasteiger charge is 2.30. The molecule has 0 saturated carbocycles. The summed E-state index contributed by atoms with van der Waals surface area (Å²) in [5.74, 6) is 0.354. The first-order valence-corrected chi connectivity index (χ1v) is 11.7. The van der Waals surface area contributed by atoms with Crippen LogP contribution in [0.5, 0.6) is 0 Å². The zero-order valence-corrected chi connectivity index (χ0v) is 19.5. The zero-order valence-electron chi connectivity index (χ0n) is 17.1. The second-order valence-corrected chi connectivity index (χ2v) is 10.7. The van der Waals surface area contributed by atoms with Gasteiger partial charge in [-0.1, -0.05) is 11.6 Å². The predicted molar refractivity (Wildman–Crippen MR) is 115 cm³/mol. The largest absolute Gasteiger partial charge is 0.468 e. The van der Waals surface area contributed by atoms with E-state index in [-0.39, 0.29) is 23.9 Å². The van der Waals surface area contributed by atoms with E-state index in [1.54, 1.807) is 44.0 Å². The summed E-state index contributed by atoms with van der Waals surface area (Å²) < 4.78 is 34.8. The molecule has 0 N–H and O–H groups in total. The van der Waals surface area contributed by atoms with E-state index in [1.807, 2.05) is 6.07 Å². The number of carbonyl (C=O) groups is 1. The average Bonchev–Trinajstić information content (AvgIpc) is 3.37. The summed E-state index contributed by atoms with van der Waals surface area (Å²) >= 11 is 7.36. The van der Waals surface area contributed by atoms with Gasteiger partial charge in [0.25, 0.3) is 0 Å². The average molecular weight is 471 g/mol. The first kappa shape index (κ1) is 22.5. The van der Waals surface area contributed by atoms with Crippen molar-refractivity contribution in [1.29, 1.82) is 0 Å². The monoisotopic (exact) mass is 470 g/mol. The van der Waals surface area contributed by atoms with Crippen molar-refractivity contribution in [3.05, 3.63) is 56.9 Å². The predicted octanol–water partition coefficient (Wildman–Crippen LogP) is 3.29. The number of aromatic nitrogens is 2. The minimum atomic E-state index is -3.81. The van der Waals surface area contributed by atoms with Gasteiger partial charge in [-0.25, -0.2) is 8.42 Å². The van der Waals surface area contributed by atoms with E-state index in [9.17, 15) is 13.2 Å². The second kappa shape index (κ2) is 8.93. The number of furan rings is 1. The summed E-state index contributed by atoms with van der Waals surface area (Å²) in [5, 5.41) is 4.31. The number of amides is 1. The van der Waals surface area contributed by atoms with E-state index in [1.165, 1.54) is 33.6 Å². The first-order valence-electron chi connectivity index (χ1n) is 9.10. The molecule has 0 fully saturated rings. The molecule has 11 heteroatoms. The van der Waals surface area contributed by atoms with Crippen molar-refractivity contribution in [2.45, 2.75) is 38.4 Å². The van der Waals surface area contributed by atoms with Crippen molar-refractivity contribution in [3.8, 4) is 0 Å². The maximum absolute atomic E-state index is 13.1. The summed E-state index contributed by atoms with van der Waals surface area (Å²) in [6.07, 6.45) is 1.50. The molecule has 3 aromatic heterocycles. The molecule has 3 aromatic rings. The number of carbonyl (C=O) groups excluding carboxylic acids is 1. The van der Waals surface area contributed by atoms with Crippen LogP contribution in [0.3, 0.4) is 0 Å². The molecule has 30 heavy (non-hydrogen) atoms. The standard InChI is InChI=1S/C19H23ClN4O4S2/c1-13-19(30(26,27)23(4)10-15-6-5-9-28-15)14(2)24(21-13)12-18(25)22(3)11-16-7-8-17(20)29-16/h5-9H,10-12H2,1-4H3. The lowest BCUT2D eigenvalue weighted by Gasteiger charge is -2.17. The van der Waals surface area contributed by atoms with Crippen molar-refractivity contribution < 1.29 is 17.6 Å². The molecular weight excluding hydrogens is 448 g/mol. The lowest BCUT2D eigenvalue weighted by Crippen LogP contribution is -2.30. The maximum Gasteiger partial charge on any atom is 0.246 e. The Morgan fingerprint density at radius 3 is 2.57 bits per heavy atom. The summed E-state index contributed by atoms with van der Waals surface area (Å²) in [6.45, 7) is 3.75. The Bertz CT molecular complexity index is 1140. The number of hydrogen-bond acceptors (Lipinski definition) is 6. The maximum atomic E-state index is 13.1. The fraction of sp³-hybridized carbons (Fsp3) is 0.368. The van der Waals surface area contributed by atoms with Gasteiger partial charge in [0.1, 0.15) is 17.2 Å². The number of halogens is 1. The topological polar surface area (TPSA) is 88.7 Å². The molecule has 3 heterocycles. The SMILES string of the molecule is Cc1nn(CC(=O)N(C)Cc2ccc(Cl)s2)c(C)c1S(=O)(=O)N(C)Cc1ccco1. The van der Waals surface area contributed by atoms with Crippen molar-refractivity contribution in [3.63, 3.8) is 0 Å². The van der Waals surface area contributed by atoms with E-state index < -0.39 is 10.0 Å². The van der Waals surface area contributed by atoms with Gasteiger partial charge in [0.15, 0.2) is 0 Å². The summed E-state index contributed by atoms with van der Waals surface area (Å²) in [6, 6.07) is 7.08. The van der Waals surface area contributed by atoms with Crippen LogP contribution in [0.15, 0.2) is 39.8 Å². The molecule has 0 bridgehead atoms. The Hall–Kier alpha value is -2.14. The third-order valence-electron chi connectivity index (χ3n) is 4.67. The van der Waals surface area contributed by atoms with E-state index >= 15 is 0 Å². The van der Waals surface area contributed by atoms with E-state index in [2.05, 4.69) is 5.10 Å².